The molecule has 16 heavy (non-hydrogen) atoms. The smallest absolute Gasteiger partial charge is 0.0949 e. The number of hydrogen-bond donors (Lipinski definition) is 1. The van der Waals surface area contributed by atoms with Crippen LogP contribution >= 0.6 is 0 Å². The number of hydrogen-bond acceptors (Lipinski definition) is 3. The fraction of sp³-hybridized carbons (Fsp3) is 0.750. The predicted molar refractivity (Wildman–Crippen MR) is 63.2 cm³/mol. The standard InChI is InChI=1S/C12H21N3O/c1-10(13)7-11-8-15(9-14-11)5-4-12-3-2-6-16-12/h8-10,12H,2-7,13H2,1H3. The summed E-state index contributed by atoms with van der Waals surface area (Å²) >= 11 is 0. The van der Waals surface area contributed by atoms with E-state index in [0.29, 0.717) is 6.10 Å². The molecule has 2 unspecified atom stereocenters. The van der Waals surface area contributed by atoms with Crippen LogP contribution in [0.3, 0.4) is 0 Å². The first kappa shape index (κ1) is 11.6. The Kier molecular flexibility index (Phi) is 3.96. The molecule has 0 spiro atoms. The van der Waals surface area contributed by atoms with Crippen LogP contribution in [0, 0.1) is 0 Å². The lowest BCUT2D eigenvalue weighted by atomic mass is 10.2. The molecule has 1 saturated heterocycles. The van der Waals surface area contributed by atoms with Crippen molar-refractivity contribution in [1.29, 1.82) is 0 Å². The van der Waals surface area contributed by atoms with Gasteiger partial charge in [0.05, 0.1) is 18.1 Å². The summed E-state index contributed by atoms with van der Waals surface area (Å²) in [6.07, 6.45) is 8.82. The maximum atomic E-state index is 5.74. The van der Waals surface area contributed by atoms with Crippen molar-refractivity contribution in [3.8, 4) is 0 Å². The summed E-state index contributed by atoms with van der Waals surface area (Å²) < 4.78 is 7.73. The molecule has 0 bridgehead atoms. The Bertz CT molecular complexity index is 316. The van der Waals surface area contributed by atoms with Crippen LogP contribution in [0.5, 0.6) is 0 Å². The van der Waals surface area contributed by atoms with Crippen molar-refractivity contribution in [2.45, 2.75) is 51.3 Å². The van der Waals surface area contributed by atoms with Gasteiger partial charge in [-0.05, 0) is 26.2 Å². The maximum absolute atomic E-state index is 5.74. The minimum Gasteiger partial charge on any atom is -0.378 e. The van der Waals surface area contributed by atoms with E-state index in [-0.39, 0.29) is 6.04 Å². The Hall–Kier alpha value is -0.870. The average molecular weight is 223 g/mol. The van der Waals surface area contributed by atoms with E-state index in [0.717, 1.165) is 31.7 Å². The van der Waals surface area contributed by atoms with Gasteiger partial charge in [0.1, 0.15) is 0 Å². The molecular weight excluding hydrogens is 202 g/mol. The molecule has 0 aromatic carbocycles. The van der Waals surface area contributed by atoms with Gasteiger partial charge in [-0.1, -0.05) is 0 Å². The number of ether oxygens (including phenoxy) is 1. The summed E-state index contributed by atoms with van der Waals surface area (Å²) in [7, 11) is 0. The van der Waals surface area contributed by atoms with Crippen LogP contribution in [0.2, 0.25) is 0 Å². The summed E-state index contributed by atoms with van der Waals surface area (Å²) in [6, 6.07) is 0.182. The Balaban J connectivity index is 1.78. The second-order valence-corrected chi connectivity index (χ2v) is 4.71. The highest BCUT2D eigenvalue weighted by molar-refractivity contribution is 4.98. The summed E-state index contributed by atoms with van der Waals surface area (Å²) in [5.74, 6) is 0. The minimum atomic E-state index is 0.182. The van der Waals surface area contributed by atoms with Crippen molar-refractivity contribution in [2.75, 3.05) is 6.61 Å². The summed E-state index contributed by atoms with van der Waals surface area (Å²) in [5, 5.41) is 0. The van der Waals surface area contributed by atoms with Crippen LogP contribution in [0.15, 0.2) is 12.5 Å². The zero-order valence-corrected chi connectivity index (χ0v) is 9.93. The Morgan fingerprint density at radius 2 is 2.56 bits per heavy atom. The highest BCUT2D eigenvalue weighted by Crippen LogP contribution is 2.16. The molecule has 1 fully saturated rings. The molecule has 2 atom stereocenters. The normalized spacial score (nSPS) is 22.5. The van der Waals surface area contributed by atoms with E-state index in [1.54, 1.807) is 0 Å². The molecule has 0 saturated carbocycles. The van der Waals surface area contributed by atoms with Crippen molar-refractivity contribution in [3.05, 3.63) is 18.2 Å². The molecule has 0 amide bonds. The average Bonchev–Trinajstić information content (AvgIpc) is 2.84. The van der Waals surface area contributed by atoms with Gasteiger partial charge in [-0.15, -0.1) is 0 Å². The first-order chi connectivity index (χ1) is 7.74. The number of nitrogens with zero attached hydrogens (tertiary/aromatic N) is 2. The first-order valence-corrected chi connectivity index (χ1v) is 6.12. The quantitative estimate of drug-likeness (QED) is 0.819. The topological polar surface area (TPSA) is 53.1 Å². The largest absolute Gasteiger partial charge is 0.378 e. The van der Waals surface area contributed by atoms with E-state index < -0.39 is 0 Å². The molecule has 2 rings (SSSR count). The lowest BCUT2D eigenvalue weighted by Crippen LogP contribution is -2.17. The van der Waals surface area contributed by atoms with Gasteiger partial charge >= 0.3 is 0 Å². The second kappa shape index (κ2) is 5.46. The fourth-order valence-electron chi connectivity index (χ4n) is 2.13. The summed E-state index contributed by atoms with van der Waals surface area (Å²) in [6.45, 7) is 3.94. The highest BCUT2D eigenvalue weighted by atomic mass is 16.5. The van der Waals surface area contributed by atoms with E-state index in [1.165, 1.54) is 12.8 Å². The molecular formula is C12H21N3O. The van der Waals surface area contributed by atoms with Crippen LogP contribution in [-0.2, 0) is 17.7 Å². The molecule has 0 aliphatic carbocycles. The lowest BCUT2D eigenvalue weighted by molar-refractivity contribution is 0.100. The van der Waals surface area contributed by atoms with Gasteiger partial charge in [0, 0.05) is 31.8 Å². The van der Waals surface area contributed by atoms with Gasteiger partial charge in [-0.3, -0.25) is 0 Å². The van der Waals surface area contributed by atoms with Gasteiger partial charge in [-0.25, -0.2) is 4.98 Å². The SMILES string of the molecule is CC(N)Cc1cn(CCC2CCCO2)cn1. The predicted octanol–water partition coefficient (Wildman–Crippen LogP) is 1.34. The molecule has 90 valence electrons. The molecule has 2 heterocycles. The van der Waals surface area contributed by atoms with E-state index in [4.69, 9.17) is 10.5 Å². The van der Waals surface area contributed by atoms with Crippen molar-refractivity contribution in [1.82, 2.24) is 9.55 Å². The summed E-state index contributed by atoms with van der Waals surface area (Å²) in [5.41, 5.74) is 6.82. The molecule has 1 aliphatic heterocycles. The molecule has 1 aromatic rings. The molecule has 4 heteroatoms. The number of aromatic nitrogens is 2. The Morgan fingerprint density at radius 1 is 1.69 bits per heavy atom. The summed E-state index contributed by atoms with van der Waals surface area (Å²) in [4.78, 5) is 4.34. The lowest BCUT2D eigenvalue weighted by Gasteiger charge is -2.08. The number of aryl methyl sites for hydroxylation is 1. The van der Waals surface area contributed by atoms with Crippen molar-refractivity contribution in [3.63, 3.8) is 0 Å². The van der Waals surface area contributed by atoms with Crippen LogP contribution in [0.25, 0.3) is 0 Å². The van der Waals surface area contributed by atoms with E-state index >= 15 is 0 Å². The van der Waals surface area contributed by atoms with Crippen molar-refractivity contribution < 1.29 is 4.74 Å². The van der Waals surface area contributed by atoms with Gasteiger partial charge < -0.3 is 15.0 Å². The fourth-order valence-corrected chi connectivity index (χ4v) is 2.13. The Morgan fingerprint density at radius 3 is 3.25 bits per heavy atom. The van der Waals surface area contributed by atoms with Crippen LogP contribution in [0.4, 0.5) is 0 Å². The van der Waals surface area contributed by atoms with Crippen molar-refractivity contribution in [2.24, 2.45) is 5.73 Å². The van der Waals surface area contributed by atoms with Gasteiger partial charge in [0.25, 0.3) is 0 Å². The van der Waals surface area contributed by atoms with Crippen molar-refractivity contribution >= 4 is 0 Å². The van der Waals surface area contributed by atoms with Crippen LogP contribution < -0.4 is 5.73 Å². The third-order valence-electron chi connectivity index (χ3n) is 2.95. The van der Waals surface area contributed by atoms with E-state index in [2.05, 4.69) is 15.7 Å². The third-order valence-corrected chi connectivity index (χ3v) is 2.95. The number of imidazole rings is 1. The number of rotatable bonds is 5. The third kappa shape index (κ3) is 3.32. The van der Waals surface area contributed by atoms with Gasteiger partial charge in [0.2, 0.25) is 0 Å². The molecule has 1 aromatic heterocycles. The van der Waals surface area contributed by atoms with Crippen LogP contribution in [-0.4, -0.2) is 28.3 Å². The first-order valence-electron chi connectivity index (χ1n) is 6.12. The van der Waals surface area contributed by atoms with Gasteiger partial charge in [0.15, 0.2) is 0 Å². The molecule has 4 nitrogen and oxygen atoms in total. The second-order valence-electron chi connectivity index (χ2n) is 4.71. The zero-order chi connectivity index (χ0) is 11.4. The van der Waals surface area contributed by atoms with Crippen LogP contribution in [0.1, 0.15) is 31.9 Å². The molecule has 1 aliphatic rings. The van der Waals surface area contributed by atoms with E-state index in [1.807, 2.05) is 13.3 Å². The highest BCUT2D eigenvalue weighted by Gasteiger charge is 2.15. The zero-order valence-electron chi connectivity index (χ0n) is 9.93. The molecule has 0 radical (unpaired) electrons. The monoisotopic (exact) mass is 223 g/mol. The van der Waals surface area contributed by atoms with Gasteiger partial charge in [-0.2, -0.15) is 0 Å². The molecule has 2 N–H and O–H groups in total. The maximum Gasteiger partial charge on any atom is 0.0949 e. The number of nitrogens with two attached hydrogens (primary N) is 1. The van der Waals surface area contributed by atoms with E-state index in [9.17, 15) is 0 Å². The Labute approximate surface area is 96.8 Å². The minimum absolute atomic E-state index is 0.182.